The lowest BCUT2D eigenvalue weighted by Crippen LogP contribution is -1.84. The summed E-state index contributed by atoms with van der Waals surface area (Å²) < 4.78 is 1.05. The van der Waals surface area contributed by atoms with E-state index in [4.69, 9.17) is 5.11 Å². The fraction of sp³-hybridized carbons (Fsp3) is 0.200. The van der Waals surface area contributed by atoms with E-state index in [1.54, 1.807) is 0 Å². The molecule has 1 nitrogen and oxygen atoms in total. The van der Waals surface area contributed by atoms with Gasteiger partial charge in [-0.3, -0.25) is 0 Å². The van der Waals surface area contributed by atoms with Crippen molar-refractivity contribution in [3.05, 3.63) is 39.9 Å². The van der Waals surface area contributed by atoms with Gasteiger partial charge in [0.1, 0.15) is 0 Å². The number of rotatable bonds is 2. The third kappa shape index (κ3) is 2.47. The first-order chi connectivity index (χ1) is 5.74. The Morgan fingerprint density at radius 2 is 2.17 bits per heavy atom. The topological polar surface area (TPSA) is 20.2 Å². The third-order valence-electron chi connectivity index (χ3n) is 1.56. The van der Waals surface area contributed by atoms with Gasteiger partial charge in [0.25, 0.3) is 0 Å². The predicted molar refractivity (Wildman–Crippen MR) is 54.9 cm³/mol. The zero-order valence-corrected chi connectivity index (χ0v) is 8.51. The Hall–Kier alpha value is -0.600. The average molecular weight is 227 g/mol. The molecule has 0 unspecified atom stereocenters. The number of hydrogen-bond donors (Lipinski definition) is 1. The zero-order chi connectivity index (χ0) is 8.97. The third-order valence-corrected chi connectivity index (χ3v) is 2.28. The molecule has 0 spiro atoms. The van der Waals surface area contributed by atoms with Crippen LogP contribution in [0, 0.1) is 0 Å². The molecule has 1 N–H and O–H groups in total. The molecule has 0 bridgehead atoms. The summed E-state index contributed by atoms with van der Waals surface area (Å²) in [6, 6.07) is 7.93. The number of halogens is 1. The van der Waals surface area contributed by atoms with Gasteiger partial charge in [-0.25, -0.2) is 0 Å². The van der Waals surface area contributed by atoms with Crippen LogP contribution in [-0.2, 0) is 0 Å². The Morgan fingerprint density at radius 1 is 1.50 bits per heavy atom. The molecule has 0 aliphatic carbocycles. The maximum Gasteiger partial charge on any atom is 0.0642 e. The Labute approximate surface area is 80.9 Å². The molecule has 0 fully saturated rings. The first-order valence-corrected chi connectivity index (χ1v) is 4.56. The summed E-state index contributed by atoms with van der Waals surface area (Å²) in [5.74, 6) is 0. The van der Waals surface area contributed by atoms with Gasteiger partial charge in [0.15, 0.2) is 0 Å². The molecule has 0 radical (unpaired) electrons. The molecule has 0 atom stereocenters. The fourth-order valence-corrected chi connectivity index (χ4v) is 1.30. The Kier molecular flexibility index (Phi) is 3.50. The molecule has 0 amide bonds. The van der Waals surface area contributed by atoms with E-state index < -0.39 is 0 Å². The van der Waals surface area contributed by atoms with E-state index in [0.29, 0.717) is 0 Å². The summed E-state index contributed by atoms with van der Waals surface area (Å²) in [5, 5.41) is 8.80. The number of hydrogen-bond acceptors (Lipinski definition) is 1. The number of benzene rings is 1. The number of aliphatic hydroxyl groups excluding tert-OH is 1. The van der Waals surface area contributed by atoms with Crippen molar-refractivity contribution >= 4 is 22.0 Å². The summed E-state index contributed by atoms with van der Waals surface area (Å²) in [7, 11) is 0. The smallest absolute Gasteiger partial charge is 0.0642 e. The van der Waals surface area contributed by atoms with Crippen LogP contribution in [0.15, 0.2) is 34.3 Å². The van der Waals surface area contributed by atoms with Gasteiger partial charge < -0.3 is 5.11 Å². The molecule has 0 saturated heterocycles. The molecule has 1 aromatic rings. The zero-order valence-electron chi connectivity index (χ0n) is 6.92. The van der Waals surface area contributed by atoms with E-state index in [-0.39, 0.29) is 6.61 Å². The Morgan fingerprint density at radius 3 is 2.75 bits per heavy atom. The van der Waals surface area contributed by atoms with Crippen LogP contribution >= 0.6 is 15.9 Å². The fourth-order valence-electron chi connectivity index (χ4n) is 0.903. The minimum Gasteiger partial charge on any atom is -0.392 e. The highest BCUT2D eigenvalue weighted by Gasteiger charge is 1.94. The molecule has 2 heteroatoms. The molecule has 0 aromatic heterocycles. The SMILES string of the molecule is CC(=Cc1ccccc1Br)CO. The lowest BCUT2D eigenvalue weighted by molar-refractivity contribution is 0.332. The van der Waals surface area contributed by atoms with Crippen LogP contribution in [0.5, 0.6) is 0 Å². The minimum atomic E-state index is 0.112. The monoisotopic (exact) mass is 226 g/mol. The van der Waals surface area contributed by atoms with Gasteiger partial charge in [0, 0.05) is 4.47 Å². The molecule has 12 heavy (non-hydrogen) atoms. The minimum absolute atomic E-state index is 0.112. The summed E-state index contributed by atoms with van der Waals surface area (Å²) in [6.45, 7) is 2.01. The van der Waals surface area contributed by atoms with E-state index >= 15 is 0 Å². The molecule has 1 aromatic carbocycles. The summed E-state index contributed by atoms with van der Waals surface area (Å²) in [5.41, 5.74) is 2.06. The van der Waals surface area contributed by atoms with Crippen molar-refractivity contribution in [2.75, 3.05) is 6.61 Å². The summed E-state index contributed by atoms with van der Waals surface area (Å²) in [6.07, 6.45) is 1.96. The second-order valence-corrected chi connectivity index (χ2v) is 3.52. The van der Waals surface area contributed by atoms with Gasteiger partial charge in [-0.15, -0.1) is 0 Å². The largest absolute Gasteiger partial charge is 0.392 e. The van der Waals surface area contributed by atoms with Crippen molar-refractivity contribution in [3.63, 3.8) is 0 Å². The van der Waals surface area contributed by atoms with Crippen LogP contribution in [-0.4, -0.2) is 11.7 Å². The highest BCUT2D eigenvalue weighted by molar-refractivity contribution is 9.10. The Bertz CT molecular complexity index is 292. The van der Waals surface area contributed by atoms with Crippen LogP contribution in [0.4, 0.5) is 0 Å². The van der Waals surface area contributed by atoms with E-state index in [0.717, 1.165) is 15.6 Å². The van der Waals surface area contributed by atoms with Crippen LogP contribution in [0.2, 0.25) is 0 Å². The van der Waals surface area contributed by atoms with Gasteiger partial charge >= 0.3 is 0 Å². The first kappa shape index (κ1) is 9.49. The number of aliphatic hydroxyl groups is 1. The maximum atomic E-state index is 8.80. The molecule has 1 rings (SSSR count). The van der Waals surface area contributed by atoms with Crippen molar-refractivity contribution in [1.82, 2.24) is 0 Å². The van der Waals surface area contributed by atoms with E-state index in [2.05, 4.69) is 15.9 Å². The lowest BCUT2D eigenvalue weighted by Gasteiger charge is -1.98. The molecular weight excluding hydrogens is 216 g/mol. The van der Waals surface area contributed by atoms with Crippen LogP contribution in [0.3, 0.4) is 0 Å². The molecule has 0 aliphatic rings. The average Bonchev–Trinajstić information content (AvgIpc) is 2.09. The second kappa shape index (κ2) is 4.43. The van der Waals surface area contributed by atoms with Crippen LogP contribution < -0.4 is 0 Å². The molecule has 64 valence electrons. The predicted octanol–water partition coefficient (Wildman–Crippen LogP) is 2.84. The summed E-state index contributed by atoms with van der Waals surface area (Å²) >= 11 is 3.43. The van der Waals surface area contributed by atoms with Gasteiger partial charge in [0.05, 0.1) is 6.61 Å². The molecule has 0 aliphatic heterocycles. The van der Waals surface area contributed by atoms with Crippen LogP contribution in [0.1, 0.15) is 12.5 Å². The second-order valence-electron chi connectivity index (χ2n) is 2.67. The standard InChI is InChI=1S/C10H11BrO/c1-8(7-12)6-9-4-2-3-5-10(9)11/h2-6,12H,7H2,1H3. The van der Waals surface area contributed by atoms with E-state index in [1.807, 2.05) is 37.3 Å². The highest BCUT2D eigenvalue weighted by Crippen LogP contribution is 2.18. The van der Waals surface area contributed by atoms with E-state index in [9.17, 15) is 0 Å². The first-order valence-electron chi connectivity index (χ1n) is 3.76. The van der Waals surface area contributed by atoms with E-state index in [1.165, 1.54) is 0 Å². The van der Waals surface area contributed by atoms with Crippen molar-refractivity contribution in [1.29, 1.82) is 0 Å². The Balaban J connectivity index is 2.96. The van der Waals surface area contributed by atoms with Gasteiger partial charge in [-0.1, -0.05) is 40.2 Å². The van der Waals surface area contributed by atoms with Gasteiger partial charge in [-0.2, -0.15) is 0 Å². The molecule has 0 heterocycles. The van der Waals surface area contributed by atoms with Crippen LogP contribution in [0.25, 0.3) is 6.08 Å². The van der Waals surface area contributed by atoms with Crippen molar-refractivity contribution in [2.45, 2.75) is 6.92 Å². The normalized spacial score (nSPS) is 11.8. The molecule has 0 saturated carbocycles. The van der Waals surface area contributed by atoms with Gasteiger partial charge in [0.2, 0.25) is 0 Å². The maximum absolute atomic E-state index is 8.80. The van der Waals surface area contributed by atoms with Crippen molar-refractivity contribution in [2.24, 2.45) is 0 Å². The van der Waals surface area contributed by atoms with Crippen molar-refractivity contribution < 1.29 is 5.11 Å². The lowest BCUT2D eigenvalue weighted by atomic mass is 10.1. The van der Waals surface area contributed by atoms with Crippen molar-refractivity contribution in [3.8, 4) is 0 Å². The molecular formula is C10H11BrO. The quantitative estimate of drug-likeness (QED) is 0.823. The highest BCUT2D eigenvalue weighted by atomic mass is 79.9. The van der Waals surface area contributed by atoms with Gasteiger partial charge in [-0.05, 0) is 24.1 Å². The summed E-state index contributed by atoms with van der Waals surface area (Å²) in [4.78, 5) is 0.